The molecule has 2 aliphatic rings. The summed E-state index contributed by atoms with van der Waals surface area (Å²) >= 11 is 0. The second-order valence-electron chi connectivity index (χ2n) is 7.43. The van der Waals surface area contributed by atoms with Crippen LogP contribution in [0.15, 0.2) is 30.3 Å². The zero-order valence-corrected chi connectivity index (χ0v) is 15.3. The average molecular weight is 351 g/mol. The van der Waals surface area contributed by atoms with Crippen LogP contribution >= 0.6 is 0 Å². The van der Waals surface area contributed by atoms with Gasteiger partial charge in [0.1, 0.15) is 0 Å². The fourth-order valence-electron chi connectivity index (χ4n) is 4.18. The smallest absolute Gasteiger partial charge is 0.254 e. The molecule has 2 saturated heterocycles. The number of piperidine rings is 1. The predicted molar refractivity (Wildman–Crippen MR) is 101 cm³/mol. The lowest BCUT2D eigenvalue weighted by Gasteiger charge is -2.33. The topological polar surface area (TPSA) is 53.5 Å². The van der Waals surface area contributed by atoms with Gasteiger partial charge in [0.05, 0.1) is 11.1 Å². The van der Waals surface area contributed by atoms with Gasteiger partial charge in [0.2, 0.25) is 5.91 Å². The lowest BCUT2D eigenvalue weighted by Crippen LogP contribution is -2.43. The SMILES string of the molecule is Cc1cc(C(=O)N2CCC(C(=O)N3CCCC3)CC2)c2ccccc2n1. The standard InChI is InChI=1S/C21H25N3O2/c1-15-14-18(17-6-2-3-7-19(17)22-15)21(26)24-12-8-16(9-13-24)20(25)23-10-4-5-11-23/h2-3,6-7,14,16H,4-5,8-13H2,1H3. The molecule has 0 bridgehead atoms. The highest BCUT2D eigenvalue weighted by Crippen LogP contribution is 2.25. The number of pyridine rings is 1. The molecule has 4 rings (SSSR count). The first-order valence-electron chi connectivity index (χ1n) is 9.58. The number of likely N-dealkylation sites (tertiary alicyclic amines) is 2. The molecule has 26 heavy (non-hydrogen) atoms. The number of carbonyl (C=O) groups is 2. The molecule has 0 aliphatic carbocycles. The summed E-state index contributed by atoms with van der Waals surface area (Å²) in [6.45, 7) is 5.03. The van der Waals surface area contributed by atoms with Crippen LogP contribution in [0.25, 0.3) is 10.9 Å². The van der Waals surface area contributed by atoms with Crippen molar-refractivity contribution in [3.8, 4) is 0 Å². The number of aromatic nitrogens is 1. The highest BCUT2D eigenvalue weighted by molar-refractivity contribution is 6.06. The summed E-state index contributed by atoms with van der Waals surface area (Å²) in [7, 11) is 0. The quantitative estimate of drug-likeness (QED) is 0.836. The third-order valence-corrected chi connectivity index (χ3v) is 5.62. The second-order valence-corrected chi connectivity index (χ2v) is 7.43. The normalized spacial score (nSPS) is 18.5. The number of aryl methyl sites for hydroxylation is 1. The van der Waals surface area contributed by atoms with Crippen LogP contribution in [0.5, 0.6) is 0 Å². The second kappa shape index (κ2) is 7.06. The van der Waals surface area contributed by atoms with Crippen molar-refractivity contribution in [2.45, 2.75) is 32.6 Å². The summed E-state index contributed by atoms with van der Waals surface area (Å²) in [5.74, 6) is 0.423. The minimum Gasteiger partial charge on any atom is -0.342 e. The molecular formula is C21H25N3O2. The summed E-state index contributed by atoms with van der Waals surface area (Å²) < 4.78 is 0. The molecule has 0 spiro atoms. The Balaban J connectivity index is 1.48. The van der Waals surface area contributed by atoms with E-state index in [4.69, 9.17) is 0 Å². The van der Waals surface area contributed by atoms with Crippen LogP contribution in [0, 0.1) is 12.8 Å². The van der Waals surface area contributed by atoms with E-state index in [1.54, 1.807) is 0 Å². The van der Waals surface area contributed by atoms with Crippen LogP contribution in [0.3, 0.4) is 0 Å². The third kappa shape index (κ3) is 3.18. The maximum Gasteiger partial charge on any atom is 0.254 e. The molecule has 0 unspecified atom stereocenters. The predicted octanol–water partition coefficient (Wildman–Crippen LogP) is 3.02. The van der Waals surface area contributed by atoms with Gasteiger partial charge in [-0.15, -0.1) is 0 Å². The Morgan fingerprint density at radius 1 is 1.00 bits per heavy atom. The minimum atomic E-state index is 0.0544. The minimum absolute atomic E-state index is 0.0544. The molecule has 0 saturated carbocycles. The fraction of sp³-hybridized carbons (Fsp3) is 0.476. The van der Waals surface area contributed by atoms with Gasteiger partial charge in [-0.1, -0.05) is 18.2 Å². The van der Waals surface area contributed by atoms with E-state index < -0.39 is 0 Å². The molecule has 5 heteroatoms. The maximum absolute atomic E-state index is 13.1. The Labute approximate surface area is 154 Å². The molecular weight excluding hydrogens is 326 g/mol. The van der Waals surface area contributed by atoms with Gasteiger partial charge in [-0.3, -0.25) is 14.6 Å². The van der Waals surface area contributed by atoms with E-state index in [-0.39, 0.29) is 11.8 Å². The first-order valence-corrected chi connectivity index (χ1v) is 9.58. The van der Waals surface area contributed by atoms with Crippen molar-refractivity contribution < 1.29 is 9.59 Å². The molecule has 0 radical (unpaired) electrons. The van der Waals surface area contributed by atoms with E-state index >= 15 is 0 Å². The Bertz CT molecular complexity index is 834. The lowest BCUT2D eigenvalue weighted by molar-refractivity contribution is -0.135. The fourth-order valence-corrected chi connectivity index (χ4v) is 4.18. The van der Waals surface area contributed by atoms with Crippen molar-refractivity contribution in [3.05, 3.63) is 41.6 Å². The highest BCUT2D eigenvalue weighted by atomic mass is 16.2. The molecule has 136 valence electrons. The molecule has 1 aromatic carbocycles. The van der Waals surface area contributed by atoms with E-state index in [9.17, 15) is 9.59 Å². The number of para-hydroxylation sites is 1. The first-order chi connectivity index (χ1) is 12.6. The van der Waals surface area contributed by atoms with Crippen LogP contribution in [0.2, 0.25) is 0 Å². The van der Waals surface area contributed by atoms with Gasteiger partial charge in [0, 0.05) is 43.2 Å². The van der Waals surface area contributed by atoms with Crippen molar-refractivity contribution in [2.24, 2.45) is 5.92 Å². The number of hydrogen-bond donors (Lipinski definition) is 0. The van der Waals surface area contributed by atoms with Crippen LogP contribution in [-0.4, -0.2) is 52.8 Å². The van der Waals surface area contributed by atoms with Crippen LogP contribution in [-0.2, 0) is 4.79 Å². The molecule has 2 amide bonds. The highest BCUT2D eigenvalue weighted by Gasteiger charge is 2.31. The maximum atomic E-state index is 13.1. The van der Waals surface area contributed by atoms with Crippen molar-refractivity contribution in [1.82, 2.24) is 14.8 Å². The molecule has 2 aromatic rings. The number of amides is 2. The van der Waals surface area contributed by atoms with Gasteiger partial charge in [-0.25, -0.2) is 0 Å². The third-order valence-electron chi connectivity index (χ3n) is 5.62. The Kier molecular flexibility index (Phi) is 4.62. The zero-order valence-electron chi connectivity index (χ0n) is 15.3. The van der Waals surface area contributed by atoms with E-state index in [0.29, 0.717) is 19.0 Å². The molecule has 1 aromatic heterocycles. The van der Waals surface area contributed by atoms with E-state index in [0.717, 1.165) is 60.9 Å². The monoisotopic (exact) mass is 351 g/mol. The lowest BCUT2D eigenvalue weighted by atomic mass is 9.94. The Morgan fingerprint density at radius 2 is 1.69 bits per heavy atom. The summed E-state index contributed by atoms with van der Waals surface area (Å²) in [6, 6.07) is 9.67. The molecule has 0 N–H and O–H groups in total. The molecule has 0 atom stereocenters. The first kappa shape index (κ1) is 17.0. The van der Waals surface area contributed by atoms with Gasteiger partial charge in [0.15, 0.2) is 0 Å². The summed E-state index contributed by atoms with van der Waals surface area (Å²) in [4.78, 5) is 34.1. The van der Waals surface area contributed by atoms with Crippen LogP contribution in [0.1, 0.15) is 41.7 Å². The van der Waals surface area contributed by atoms with E-state index in [2.05, 4.69) is 4.98 Å². The Hall–Kier alpha value is -2.43. The number of nitrogens with zero attached hydrogens (tertiary/aromatic N) is 3. The molecule has 2 aliphatic heterocycles. The van der Waals surface area contributed by atoms with Gasteiger partial charge in [0.25, 0.3) is 5.91 Å². The van der Waals surface area contributed by atoms with E-state index in [1.165, 1.54) is 0 Å². The average Bonchev–Trinajstić information content (AvgIpc) is 3.21. The van der Waals surface area contributed by atoms with Crippen molar-refractivity contribution in [1.29, 1.82) is 0 Å². The van der Waals surface area contributed by atoms with Crippen molar-refractivity contribution >= 4 is 22.7 Å². The molecule has 5 nitrogen and oxygen atoms in total. The van der Waals surface area contributed by atoms with Crippen LogP contribution < -0.4 is 0 Å². The number of fused-ring (bicyclic) bond motifs is 1. The number of benzene rings is 1. The zero-order chi connectivity index (χ0) is 18.1. The van der Waals surface area contributed by atoms with Gasteiger partial charge < -0.3 is 9.80 Å². The summed E-state index contributed by atoms with van der Waals surface area (Å²) in [5.41, 5.74) is 2.43. The van der Waals surface area contributed by atoms with Crippen molar-refractivity contribution in [3.63, 3.8) is 0 Å². The number of rotatable bonds is 2. The van der Waals surface area contributed by atoms with Gasteiger partial charge >= 0.3 is 0 Å². The van der Waals surface area contributed by atoms with Crippen molar-refractivity contribution in [2.75, 3.05) is 26.2 Å². The van der Waals surface area contributed by atoms with Gasteiger partial charge in [-0.05, 0) is 44.7 Å². The summed E-state index contributed by atoms with van der Waals surface area (Å²) in [6.07, 6.45) is 3.78. The summed E-state index contributed by atoms with van der Waals surface area (Å²) in [5, 5.41) is 0.901. The van der Waals surface area contributed by atoms with Crippen LogP contribution in [0.4, 0.5) is 0 Å². The largest absolute Gasteiger partial charge is 0.342 e. The number of hydrogen-bond acceptors (Lipinski definition) is 3. The molecule has 2 fully saturated rings. The Morgan fingerprint density at radius 3 is 2.42 bits per heavy atom. The van der Waals surface area contributed by atoms with E-state index in [1.807, 2.05) is 47.1 Å². The van der Waals surface area contributed by atoms with Gasteiger partial charge in [-0.2, -0.15) is 0 Å². The number of carbonyl (C=O) groups excluding carboxylic acids is 2. The molecule has 3 heterocycles.